The predicted molar refractivity (Wildman–Crippen MR) is 125 cm³/mol. The lowest BCUT2D eigenvalue weighted by molar-refractivity contribution is 0.306. The van der Waals surface area contributed by atoms with E-state index in [9.17, 15) is 4.79 Å². The van der Waals surface area contributed by atoms with E-state index in [0.29, 0.717) is 55.0 Å². The lowest BCUT2D eigenvalue weighted by atomic mass is 10.1. The fourth-order valence-electron chi connectivity index (χ4n) is 3.59. The lowest BCUT2D eigenvalue weighted by Crippen LogP contribution is -2.00. The number of methoxy groups -OCH3 is 1. The molecule has 0 aliphatic carbocycles. The SMILES string of the molecule is COc1cccc2cc(-c3cc(=O)oc4ccc(OCc5c(Cl)cccc5Cl)cc34)oc12. The van der Waals surface area contributed by atoms with Crippen molar-refractivity contribution < 1.29 is 18.3 Å². The van der Waals surface area contributed by atoms with Gasteiger partial charge >= 0.3 is 5.63 Å². The summed E-state index contributed by atoms with van der Waals surface area (Å²) in [5, 5.41) is 2.59. The Hall–Kier alpha value is -3.41. The highest BCUT2D eigenvalue weighted by molar-refractivity contribution is 6.35. The Bertz CT molecular complexity index is 1500. The number of hydrogen-bond donors (Lipinski definition) is 0. The van der Waals surface area contributed by atoms with Crippen LogP contribution in [0.3, 0.4) is 0 Å². The van der Waals surface area contributed by atoms with E-state index in [0.717, 1.165) is 5.39 Å². The minimum atomic E-state index is -0.476. The smallest absolute Gasteiger partial charge is 0.336 e. The highest BCUT2D eigenvalue weighted by Gasteiger charge is 2.16. The molecule has 0 saturated heterocycles. The van der Waals surface area contributed by atoms with Crippen LogP contribution in [-0.4, -0.2) is 7.11 Å². The molecule has 0 N–H and O–H groups in total. The molecule has 0 unspecified atom stereocenters. The first-order valence-electron chi connectivity index (χ1n) is 9.74. The van der Waals surface area contributed by atoms with Gasteiger partial charge in [-0.2, -0.15) is 0 Å². The largest absolute Gasteiger partial charge is 0.493 e. The fraction of sp³-hybridized carbons (Fsp3) is 0.0800. The van der Waals surface area contributed by atoms with Crippen molar-refractivity contribution in [3.05, 3.63) is 92.8 Å². The summed E-state index contributed by atoms with van der Waals surface area (Å²) in [6.07, 6.45) is 0. The normalized spacial score (nSPS) is 11.2. The maximum Gasteiger partial charge on any atom is 0.336 e. The Balaban J connectivity index is 1.58. The summed E-state index contributed by atoms with van der Waals surface area (Å²) in [6.45, 7) is 0.192. The van der Waals surface area contributed by atoms with Gasteiger partial charge in [-0.15, -0.1) is 0 Å². The average molecular weight is 467 g/mol. The molecule has 3 aromatic carbocycles. The van der Waals surface area contributed by atoms with Gasteiger partial charge in [0.25, 0.3) is 0 Å². The lowest BCUT2D eigenvalue weighted by Gasteiger charge is -2.11. The van der Waals surface area contributed by atoms with Gasteiger partial charge < -0.3 is 18.3 Å². The number of halogens is 2. The summed E-state index contributed by atoms with van der Waals surface area (Å²) in [5.41, 5.74) is 1.84. The number of ether oxygens (including phenoxy) is 2. The molecule has 5 rings (SSSR count). The molecule has 2 aromatic heterocycles. The molecule has 2 heterocycles. The molecule has 0 fully saturated rings. The molecule has 0 amide bonds. The van der Waals surface area contributed by atoms with Crippen molar-refractivity contribution >= 4 is 45.1 Å². The van der Waals surface area contributed by atoms with Crippen LogP contribution in [0.4, 0.5) is 0 Å². The third kappa shape index (κ3) is 3.70. The van der Waals surface area contributed by atoms with Crippen LogP contribution in [0.15, 0.2) is 80.4 Å². The molecule has 0 saturated carbocycles. The Kier molecular flexibility index (Phi) is 5.29. The second kappa shape index (κ2) is 8.26. The van der Waals surface area contributed by atoms with Crippen molar-refractivity contribution in [2.45, 2.75) is 6.61 Å². The monoisotopic (exact) mass is 466 g/mol. The first-order valence-corrected chi connectivity index (χ1v) is 10.5. The van der Waals surface area contributed by atoms with Crippen molar-refractivity contribution in [3.63, 3.8) is 0 Å². The van der Waals surface area contributed by atoms with Gasteiger partial charge in [0, 0.05) is 38.0 Å². The summed E-state index contributed by atoms with van der Waals surface area (Å²) in [4.78, 5) is 12.2. The quantitative estimate of drug-likeness (QED) is 0.258. The van der Waals surface area contributed by atoms with Crippen molar-refractivity contribution in [2.24, 2.45) is 0 Å². The molecular formula is C25H16Cl2O5. The number of furan rings is 1. The van der Waals surface area contributed by atoms with E-state index in [-0.39, 0.29) is 6.61 Å². The van der Waals surface area contributed by atoms with E-state index in [1.807, 2.05) is 24.3 Å². The summed E-state index contributed by atoms with van der Waals surface area (Å²) >= 11 is 12.5. The number of benzene rings is 3. The van der Waals surface area contributed by atoms with Crippen LogP contribution in [0.5, 0.6) is 11.5 Å². The van der Waals surface area contributed by atoms with E-state index >= 15 is 0 Å². The second-order valence-electron chi connectivity index (χ2n) is 7.12. The first kappa shape index (κ1) is 20.5. The Morgan fingerprint density at radius 3 is 2.47 bits per heavy atom. The molecule has 32 heavy (non-hydrogen) atoms. The third-order valence-electron chi connectivity index (χ3n) is 5.15. The highest BCUT2D eigenvalue weighted by Crippen LogP contribution is 2.37. The predicted octanol–water partition coefficient (Wildman–Crippen LogP) is 7.10. The zero-order valence-electron chi connectivity index (χ0n) is 16.9. The van der Waals surface area contributed by atoms with Crippen molar-refractivity contribution in [2.75, 3.05) is 7.11 Å². The summed E-state index contributed by atoms with van der Waals surface area (Å²) in [7, 11) is 1.58. The third-order valence-corrected chi connectivity index (χ3v) is 5.86. The van der Waals surface area contributed by atoms with E-state index in [1.54, 1.807) is 43.5 Å². The molecule has 0 bridgehead atoms. The molecular weight excluding hydrogens is 451 g/mol. The topological polar surface area (TPSA) is 61.8 Å². The average Bonchev–Trinajstić information content (AvgIpc) is 3.22. The maximum atomic E-state index is 12.2. The van der Waals surface area contributed by atoms with Crippen LogP contribution in [0.25, 0.3) is 33.3 Å². The fourth-order valence-corrected chi connectivity index (χ4v) is 4.10. The minimum Gasteiger partial charge on any atom is -0.493 e. The van der Waals surface area contributed by atoms with Crippen LogP contribution in [0.1, 0.15) is 5.56 Å². The number of hydrogen-bond acceptors (Lipinski definition) is 5. The van der Waals surface area contributed by atoms with Crippen LogP contribution >= 0.6 is 23.2 Å². The van der Waals surface area contributed by atoms with E-state index in [1.165, 1.54) is 6.07 Å². The maximum absolute atomic E-state index is 12.2. The Morgan fingerprint density at radius 1 is 0.906 bits per heavy atom. The van der Waals surface area contributed by atoms with Gasteiger partial charge in [0.05, 0.1) is 7.11 Å². The highest BCUT2D eigenvalue weighted by atomic mass is 35.5. The Labute approximate surface area is 192 Å². The molecule has 160 valence electrons. The van der Waals surface area contributed by atoms with E-state index in [4.69, 9.17) is 41.5 Å². The van der Waals surface area contributed by atoms with Crippen LogP contribution in [-0.2, 0) is 6.61 Å². The summed E-state index contributed by atoms with van der Waals surface area (Å²) in [6, 6.07) is 19.4. The molecule has 5 nitrogen and oxygen atoms in total. The standard InChI is InChI=1S/C25H16Cl2O5/c1-29-22-7-2-4-14-10-23(32-25(14)22)17-12-24(28)31-21-9-8-15(11-16(17)21)30-13-18-19(26)5-3-6-20(18)27/h2-12H,13H2,1H3. The molecule has 0 spiro atoms. The molecule has 0 atom stereocenters. The molecule has 5 aromatic rings. The van der Waals surface area contributed by atoms with Gasteiger partial charge in [-0.1, -0.05) is 41.4 Å². The van der Waals surface area contributed by atoms with Gasteiger partial charge in [0.1, 0.15) is 23.7 Å². The van der Waals surface area contributed by atoms with Crippen molar-refractivity contribution in [3.8, 4) is 22.8 Å². The first-order chi connectivity index (χ1) is 15.5. The zero-order chi connectivity index (χ0) is 22.2. The molecule has 0 aliphatic heterocycles. The second-order valence-corrected chi connectivity index (χ2v) is 7.93. The van der Waals surface area contributed by atoms with Crippen molar-refractivity contribution in [1.82, 2.24) is 0 Å². The minimum absolute atomic E-state index is 0.192. The van der Waals surface area contributed by atoms with Crippen molar-refractivity contribution in [1.29, 1.82) is 0 Å². The van der Waals surface area contributed by atoms with Gasteiger partial charge in [-0.3, -0.25) is 0 Å². The van der Waals surface area contributed by atoms with Gasteiger partial charge in [0.2, 0.25) is 0 Å². The summed E-state index contributed by atoms with van der Waals surface area (Å²) < 4.78 is 22.8. The number of rotatable bonds is 5. The van der Waals surface area contributed by atoms with Gasteiger partial charge in [-0.05, 0) is 42.5 Å². The molecule has 0 aliphatic rings. The Morgan fingerprint density at radius 2 is 1.69 bits per heavy atom. The summed E-state index contributed by atoms with van der Waals surface area (Å²) in [5.74, 6) is 1.70. The van der Waals surface area contributed by atoms with E-state index in [2.05, 4.69) is 0 Å². The van der Waals surface area contributed by atoms with E-state index < -0.39 is 5.63 Å². The van der Waals surface area contributed by atoms with Crippen LogP contribution < -0.4 is 15.1 Å². The number of para-hydroxylation sites is 1. The van der Waals surface area contributed by atoms with Crippen LogP contribution in [0.2, 0.25) is 10.0 Å². The van der Waals surface area contributed by atoms with Crippen LogP contribution in [0, 0.1) is 0 Å². The van der Waals surface area contributed by atoms with Gasteiger partial charge in [0.15, 0.2) is 11.3 Å². The number of fused-ring (bicyclic) bond motifs is 2. The molecule has 7 heteroatoms. The molecule has 0 radical (unpaired) electrons. The van der Waals surface area contributed by atoms with Gasteiger partial charge in [-0.25, -0.2) is 4.79 Å². The zero-order valence-corrected chi connectivity index (χ0v) is 18.4.